The molecule has 1 aliphatic carbocycles. The Bertz CT molecular complexity index is 1040. The minimum atomic E-state index is -0.261. The molecule has 2 aromatic rings. The van der Waals surface area contributed by atoms with Crippen molar-refractivity contribution >= 4 is 11.9 Å². The molecule has 1 amide bonds. The van der Waals surface area contributed by atoms with Gasteiger partial charge in [-0.1, -0.05) is 48.9 Å². The Labute approximate surface area is 221 Å². The number of fused-ring (bicyclic) bond motifs is 1. The predicted octanol–water partition coefficient (Wildman–Crippen LogP) is 4.90. The maximum Gasteiger partial charge on any atom is 0.302 e. The van der Waals surface area contributed by atoms with Gasteiger partial charge in [0.2, 0.25) is 5.91 Å². The fourth-order valence-corrected chi connectivity index (χ4v) is 6.47. The summed E-state index contributed by atoms with van der Waals surface area (Å²) in [7, 11) is 3.82. The van der Waals surface area contributed by atoms with Crippen molar-refractivity contribution in [3.8, 4) is 5.75 Å². The van der Waals surface area contributed by atoms with Crippen LogP contribution >= 0.6 is 0 Å². The van der Waals surface area contributed by atoms with Crippen LogP contribution in [-0.4, -0.2) is 56.2 Å². The van der Waals surface area contributed by atoms with Crippen molar-refractivity contribution in [2.75, 3.05) is 27.2 Å². The summed E-state index contributed by atoms with van der Waals surface area (Å²) in [5, 5.41) is 3.32. The molecule has 200 valence electrons. The lowest BCUT2D eigenvalue weighted by Crippen LogP contribution is -2.61. The van der Waals surface area contributed by atoms with Crippen LogP contribution in [0.1, 0.15) is 63.0 Å². The number of methoxy groups -OCH3 is 1. The van der Waals surface area contributed by atoms with Gasteiger partial charge >= 0.3 is 5.97 Å². The van der Waals surface area contributed by atoms with Crippen LogP contribution in [0.15, 0.2) is 54.6 Å². The molecule has 1 saturated heterocycles. The van der Waals surface area contributed by atoms with Gasteiger partial charge in [-0.05, 0) is 69.0 Å². The van der Waals surface area contributed by atoms with E-state index in [2.05, 4.69) is 53.7 Å². The number of aryl methyl sites for hydroxylation is 1. The van der Waals surface area contributed by atoms with E-state index in [0.29, 0.717) is 12.8 Å². The number of piperidine rings is 1. The number of nitrogens with zero attached hydrogens (tertiary/aromatic N) is 1. The molecule has 6 heteroatoms. The fraction of sp³-hybridized carbons (Fsp3) is 0.548. The quantitative estimate of drug-likeness (QED) is 0.367. The molecule has 2 aliphatic rings. The monoisotopic (exact) mass is 506 g/mol. The number of unbranched alkanes of at least 4 members (excludes halogenated alkanes) is 2. The molecule has 1 saturated carbocycles. The van der Waals surface area contributed by atoms with Crippen molar-refractivity contribution in [3.63, 3.8) is 0 Å². The molecular weight excluding hydrogens is 464 g/mol. The average molecular weight is 507 g/mol. The summed E-state index contributed by atoms with van der Waals surface area (Å²) in [5.74, 6) is 0.824. The van der Waals surface area contributed by atoms with Crippen LogP contribution in [0, 0.1) is 5.92 Å². The molecule has 1 unspecified atom stereocenters. The number of amides is 1. The van der Waals surface area contributed by atoms with E-state index < -0.39 is 0 Å². The highest BCUT2D eigenvalue weighted by atomic mass is 16.5. The zero-order chi connectivity index (χ0) is 26.3. The van der Waals surface area contributed by atoms with Gasteiger partial charge in [0.25, 0.3) is 0 Å². The molecule has 37 heavy (non-hydrogen) atoms. The normalized spacial score (nSPS) is 25.6. The summed E-state index contributed by atoms with van der Waals surface area (Å²) in [6.07, 6.45) is 6.79. The molecule has 0 aromatic heterocycles. The van der Waals surface area contributed by atoms with Crippen LogP contribution in [0.25, 0.3) is 0 Å². The van der Waals surface area contributed by atoms with E-state index >= 15 is 0 Å². The maximum atomic E-state index is 13.0. The minimum Gasteiger partial charge on any atom is -0.497 e. The molecule has 0 radical (unpaired) electrons. The number of likely N-dealkylation sites (tertiary alicyclic amines) is 1. The smallest absolute Gasteiger partial charge is 0.302 e. The first kappa shape index (κ1) is 27.2. The number of benzene rings is 2. The Balaban J connectivity index is 1.43. The van der Waals surface area contributed by atoms with Crippen LogP contribution in [-0.2, 0) is 26.2 Å². The molecule has 4 atom stereocenters. The van der Waals surface area contributed by atoms with Gasteiger partial charge in [0.1, 0.15) is 11.9 Å². The maximum absolute atomic E-state index is 13.0. The van der Waals surface area contributed by atoms with Crippen molar-refractivity contribution in [3.05, 3.63) is 65.7 Å². The van der Waals surface area contributed by atoms with Crippen LogP contribution in [0.3, 0.4) is 0 Å². The fourth-order valence-electron chi connectivity index (χ4n) is 6.47. The van der Waals surface area contributed by atoms with E-state index in [1.54, 1.807) is 7.11 Å². The van der Waals surface area contributed by atoms with Crippen LogP contribution < -0.4 is 10.1 Å². The SMILES string of the molecule is COc1cccc([C@@]23CCN(C)C[C@H]2C(OC(C)=O)C[C@@H](NC(=O)CCCCCc2ccccc2)C3)c1. The van der Waals surface area contributed by atoms with E-state index in [1.807, 2.05) is 18.2 Å². The van der Waals surface area contributed by atoms with Crippen molar-refractivity contribution in [2.24, 2.45) is 5.92 Å². The molecule has 2 aromatic carbocycles. The highest BCUT2D eigenvalue weighted by molar-refractivity contribution is 5.76. The summed E-state index contributed by atoms with van der Waals surface area (Å²) in [5.41, 5.74) is 2.37. The van der Waals surface area contributed by atoms with Gasteiger partial charge in [-0.15, -0.1) is 0 Å². The van der Waals surface area contributed by atoms with Gasteiger partial charge in [-0.3, -0.25) is 9.59 Å². The van der Waals surface area contributed by atoms with Crippen molar-refractivity contribution < 1.29 is 19.1 Å². The van der Waals surface area contributed by atoms with Gasteiger partial charge in [0.05, 0.1) is 7.11 Å². The largest absolute Gasteiger partial charge is 0.497 e. The van der Waals surface area contributed by atoms with Crippen molar-refractivity contribution in [1.82, 2.24) is 10.2 Å². The topological polar surface area (TPSA) is 67.9 Å². The van der Waals surface area contributed by atoms with Gasteiger partial charge in [0, 0.05) is 43.7 Å². The molecule has 6 nitrogen and oxygen atoms in total. The van der Waals surface area contributed by atoms with Gasteiger partial charge in [0.15, 0.2) is 0 Å². The number of rotatable bonds is 10. The first-order chi connectivity index (χ1) is 17.9. The molecule has 4 rings (SSSR count). The van der Waals surface area contributed by atoms with Gasteiger partial charge < -0.3 is 19.7 Å². The number of esters is 1. The molecule has 0 bridgehead atoms. The highest BCUT2D eigenvalue weighted by Crippen LogP contribution is 2.50. The van der Waals surface area contributed by atoms with Crippen LogP contribution in [0.5, 0.6) is 5.75 Å². The van der Waals surface area contributed by atoms with Gasteiger partial charge in [-0.2, -0.15) is 0 Å². The van der Waals surface area contributed by atoms with E-state index in [1.165, 1.54) is 18.1 Å². The Kier molecular flexibility index (Phi) is 9.25. The second-order valence-corrected chi connectivity index (χ2v) is 10.9. The van der Waals surface area contributed by atoms with Crippen molar-refractivity contribution in [2.45, 2.75) is 75.9 Å². The summed E-state index contributed by atoms with van der Waals surface area (Å²) >= 11 is 0. The second kappa shape index (κ2) is 12.6. The number of carbonyl (C=O) groups excluding carboxylic acids is 2. The third-order valence-corrected chi connectivity index (χ3v) is 8.27. The summed E-state index contributed by atoms with van der Waals surface area (Å²) in [4.78, 5) is 27.4. The third-order valence-electron chi connectivity index (χ3n) is 8.27. The Morgan fingerprint density at radius 1 is 1.08 bits per heavy atom. The highest BCUT2D eigenvalue weighted by Gasteiger charge is 2.53. The predicted molar refractivity (Wildman–Crippen MR) is 146 cm³/mol. The number of ether oxygens (including phenoxy) is 2. The van der Waals surface area contributed by atoms with E-state index in [4.69, 9.17) is 9.47 Å². The molecule has 1 aliphatic heterocycles. The number of hydrogen-bond donors (Lipinski definition) is 1. The number of nitrogens with one attached hydrogen (secondary N) is 1. The van der Waals surface area contributed by atoms with Gasteiger partial charge in [-0.25, -0.2) is 0 Å². The summed E-state index contributed by atoms with van der Waals surface area (Å²) < 4.78 is 11.5. The first-order valence-electron chi connectivity index (χ1n) is 13.7. The average Bonchev–Trinajstić information content (AvgIpc) is 2.89. The Morgan fingerprint density at radius 2 is 1.89 bits per heavy atom. The van der Waals surface area contributed by atoms with E-state index in [-0.39, 0.29) is 35.4 Å². The lowest BCUT2D eigenvalue weighted by atomic mass is 9.57. The molecular formula is C31H42N2O4. The Hall–Kier alpha value is -2.86. The lowest BCUT2D eigenvalue weighted by molar-refractivity contribution is -0.157. The minimum absolute atomic E-state index is 0.0352. The van der Waals surface area contributed by atoms with Crippen LogP contribution in [0.4, 0.5) is 0 Å². The lowest BCUT2D eigenvalue weighted by Gasteiger charge is -2.55. The summed E-state index contributed by atoms with van der Waals surface area (Å²) in [6, 6.07) is 18.8. The number of carbonyl (C=O) groups is 2. The molecule has 0 spiro atoms. The molecule has 2 fully saturated rings. The molecule has 1 N–H and O–H groups in total. The standard InChI is InChI=1S/C31H42N2O4/c1-23(34)37-29-20-26(32-30(35)16-9-5-8-13-24-11-6-4-7-12-24)21-31(17-18-33(2)22-28(29)31)25-14-10-15-27(19-25)36-3/h4,6-7,10-12,14-15,19,26,28-29H,5,8-9,13,16-18,20-22H2,1-3H3,(H,32,35)/t26-,28+,29?,31+/m1/s1. The molecule has 1 heterocycles. The zero-order valence-corrected chi connectivity index (χ0v) is 22.6. The van der Waals surface area contributed by atoms with Crippen LogP contribution in [0.2, 0.25) is 0 Å². The summed E-state index contributed by atoms with van der Waals surface area (Å²) in [6.45, 7) is 3.30. The van der Waals surface area contributed by atoms with E-state index in [0.717, 1.165) is 57.4 Å². The first-order valence-corrected chi connectivity index (χ1v) is 13.7. The second-order valence-electron chi connectivity index (χ2n) is 10.9. The number of hydrogen-bond acceptors (Lipinski definition) is 5. The van der Waals surface area contributed by atoms with Crippen molar-refractivity contribution in [1.29, 1.82) is 0 Å². The Morgan fingerprint density at radius 3 is 2.65 bits per heavy atom. The zero-order valence-electron chi connectivity index (χ0n) is 22.6. The van der Waals surface area contributed by atoms with E-state index in [9.17, 15) is 9.59 Å². The third kappa shape index (κ3) is 6.92.